The van der Waals surface area contributed by atoms with Crippen molar-refractivity contribution in [1.82, 2.24) is 30.2 Å². The van der Waals surface area contributed by atoms with E-state index >= 15 is 0 Å². The molecule has 1 aromatic carbocycles. The maximum atomic E-state index is 5.28. The number of hydrogen-bond acceptors (Lipinski definition) is 6. The molecule has 5 heterocycles. The van der Waals surface area contributed by atoms with Crippen LogP contribution in [0.4, 0.5) is 5.82 Å². The summed E-state index contributed by atoms with van der Waals surface area (Å²) in [5, 5.41) is 5.74. The van der Waals surface area contributed by atoms with Gasteiger partial charge in [-0.15, -0.1) is 0 Å². The second kappa shape index (κ2) is 8.08. The zero-order valence-electron chi connectivity index (χ0n) is 20.7. The predicted molar refractivity (Wildman–Crippen MR) is 146 cm³/mol. The summed E-state index contributed by atoms with van der Waals surface area (Å²) in [6, 6.07) is 15.2. The second-order valence-corrected chi connectivity index (χ2v) is 10.8. The molecule has 3 fully saturated rings. The number of aromatic nitrogens is 5. The van der Waals surface area contributed by atoms with Gasteiger partial charge in [-0.05, 0) is 54.9 Å². The van der Waals surface area contributed by atoms with Gasteiger partial charge in [-0.1, -0.05) is 30.3 Å². The van der Waals surface area contributed by atoms with E-state index in [0.29, 0.717) is 5.92 Å². The molecule has 8 rings (SSSR count). The summed E-state index contributed by atoms with van der Waals surface area (Å²) in [5.74, 6) is 2.38. The van der Waals surface area contributed by atoms with Crippen LogP contribution in [-0.2, 0) is 5.41 Å². The van der Waals surface area contributed by atoms with Crippen LogP contribution in [0.15, 0.2) is 61.1 Å². The number of fused-ring (bicyclic) bond motifs is 2. The van der Waals surface area contributed by atoms with Crippen LogP contribution in [0, 0.1) is 0 Å². The van der Waals surface area contributed by atoms with E-state index in [4.69, 9.17) is 15.0 Å². The number of rotatable bonds is 5. The summed E-state index contributed by atoms with van der Waals surface area (Å²) in [4.78, 5) is 25.8. The minimum Gasteiger partial charge on any atom is -0.353 e. The van der Waals surface area contributed by atoms with Crippen molar-refractivity contribution in [2.45, 2.75) is 37.0 Å². The van der Waals surface area contributed by atoms with Gasteiger partial charge in [0, 0.05) is 66.0 Å². The zero-order valence-corrected chi connectivity index (χ0v) is 20.7. The quantitative estimate of drug-likeness (QED) is 0.366. The molecule has 2 aliphatic carbocycles. The van der Waals surface area contributed by atoms with E-state index in [1.165, 1.54) is 35.0 Å². The second-order valence-electron chi connectivity index (χ2n) is 10.8. The van der Waals surface area contributed by atoms with Crippen LogP contribution in [0.1, 0.15) is 48.4 Å². The monoisotopic (exact) mass is 487 g/mol. The highest BCUT2D eigenvalue weighted by Gasteiger charge is 2.47. The normalized spacial score (nSPS) is 19.0. The van der Waals surface area contributed by atoms with Gasteiger partial charge in [0.1, 0.15) is 11.5 Å². The van der Waals surface area contributed by atoms with Gasteiger partial charge in [0.2, 0.25) is 0 Å². The molecule has 7 heteroatoms. The Bertz CT molecular complexity index is 1630. The minimum atomic E-state index is 0.0541. The van der Waals surface area contributed by atoms with Crippen molar-refractivity contribution >= 4 is 27.8 Å². The highest BCUT2D eigenvalue weighted by atomic mass is 15.2. The first-order valence-corrected chi connectivity index (χ1v) is 13.5. The predicted octanol–water partition coefficient (Wildman–Crippen LogP) is 4.94. The number of anilines is 1. The fraction of sp³-hybridized carbons (Fsp3) is 0.333. The van der Waals surface area contributed by atoms with Gasteiger partial charge in [0.25, 0.3) is 0 Å². The fourth-order valence-electron chi connectivity index (χ4n) is 6.09. The van der Waals surface area contributed by atoms with Gasteiger partial charge >= 0.3 is 0 Å². The summed E-state index contributed by atoms with van der Waals surface area (Å²) in [7, 11) is 0. The molecule has 0 unspecified atom stereocenters. The summed E-state index contributed by atoms with van der Waals surface area (Å²) >= 11 is 0. The lowest BCUT2D eigenvalue weighted by Crippen LogP contribution is -2.44. The number of nitrogens with zero attached hydrogens (tertiary/aromatic N) is 5. The third-order valence-electron chi connectivity index (χ3n) is 8.42. The lowest BCUT2D eigenvalue weighted by atomic mass is 9.92. The molecule has 0 spiro atoms. The molecule has 37 heavy (non-hydrogen) atoms. The summed E-state index contributed by atoms with van der Waals surface area (Å²) in [6.07, 6.45) is 10.6. The topological polar surface area (TPSA) is 82.6 Å². The number of aromatic amines is 1. The van der Waals surface area contributed by atoms with Crippen LogP contribution in [0.2, 0.25) is 0 Å². The van der Waals surface area contributed by atoms with Crippen LogP contribution in [0.25, 0.3) is 33.3 Å². The third kappa shape index (κ3) is 3.44. The molecule has 0 atom stereocenters. The van der Waals surface area contributed by atoms with Crippen LogP contribution < -0.4 is 10.2 Å². The van der Waals surface area contributed by atoms with Gasteiger partial charge in [-0.3, -0.25) is 4.98 Å². The Balaban J connectivity index is 1.30. The van der Waals surface area contributed by atoms with Crippen molar-refractivity contribution in [2.75, 3.05) is 31.1 Å². The molecule has 184 valence electrons. The van der Waals surface area contributed by atoms with Crippen molar-refractivity contribution in [3.8, 4) is 11.4 Å². The van der Waals surface area contributed by atoms with Crippen molar-refractivity contribution in [3.05, 3.63) is 77.9 Å². The number of piperazine rings is 1. The molecule has 2 N–H and O–H groups in total. The maximum absolute atomic E-state index is 5.28. The molecule has 1 aliphatic heterocycles. The van der Waals surface area contributed by atoms with Crippen LogP contribution >= 0.6 is 0 Å². The van der Waals surface area contributed by atoms with Crippen LogP contribution in [0.3, 0.4) is 0 Å². The fourth-order valence-corrected chi connectivity index (χ4v) is 6.09. The van der Waals surface area contributed by atoms with Crippen LogP contribution in [-0.4, -0.2) is 51.1 Å². The lowest BCUT2D eigenvalue weighted by molar-refractivity contribution is 0.586. The Morgan fingerprint density at radius 3 is 2.57 bits per heavy atom. The molecular formula is C30H29N7. The van der Waals surface area contributed by atoms with E-state index in [1.807, 2.05) is 18.6 Å². The standard InChI is InChI=1S/C30H29N7/c1-2-4-20(5-3-1)30(9-10-30)25-16-22-21(8-11-33-27(22)35-25)28-34-24-18-32-17-23(19-6-7-19)26(24)29(36-28)37-14-12-31-13-15-37/h1-5,8,11,16-19,31H,6-7,9-10,12-15H2,(H,33,35). The molecular weight excluding hydrogens is 458 g/mol. The summed E-state index contributed by atoms with van der Waals surface area (Å²) in [5.41, 5.74) is 6.81. The number of nitrogens with one attached hydrogen (secondary N) is 2. The third-order valence-corrected chi connectivity index (χ3v) is 8.42. The Morgan fingerprint density at radius 1 is 0.946 bits per heavy atom. The number of benzene rings is 1. The first kappa shape index (κ1) is 21.3. The zero-order chi connectivity index (χ0) is 24.4. The highest BCUT2D eigenvalue weighted by molar-refractivity contribution is 5.97. The average Bonchev–Trinajstić information content (AvgIpc) is 3.90. The van der Waals surface area contributed by atoms with E-state index < -0.39 is 0 Å². The average molecular weight is 488 g/mol. The Labute approximate surface area is 215 Å². The molecule has 0 amide bonds. The molecule has 1 saturated heterocycles. The van der Waals surface area contributed by atoms with E-state index in [-0.39, 0.29) is 5.41 Å². The molecule has 7 nitrogen and oxygen atoms in total. The Kier molecular flexibility index (Phi) is 4.64. The number of pyridine rings is 2. The van der Waals surface area contributed by atoms with Crippen molar-refractivity contribution in [3.63, 3.8) is 0 Å². The van der Waals surface area contributed by atoms with Gasteiger partial charge in [0.15, 0.2) is 5.82 Å². The molecule has 4 aromatic heterocycles. The van der Waals surface area contributed by atoms with Gasteiger partial charge in [0.05, 0.1) is 11.7 Å². The minimum absolute atomic E-state index is 0.0541. The first-order valence-electron chi connectivity index (χ1n) is 13.5. The van der Waals surface area contributed by atoms with Crippen molar-refractivity contribution in [1.29, 1.82) is 0 Å². The van der Waals surface area contributed by atoms with Gasteiger partial charge < -0.3 is 15.2 Å². The molecule has 3 aliphatic rings. The van der Waals surface area contributed by atoms with Crippen LogP contribution in [0.5, 0.6) is 0 Å². The number of hydrogen-bond donors (Lipinski definition) is 2. The van der Waals surface area contributed by atoms with Crippen molar-refractivity contribution < 1.29 is 0 Å². The molecule has 5 aromatic rings. The van der Waals surface area contributed by atoms with E-state index in [0.717, 1.165) is 72.8 Å². The Morgan fingerprint density at radius 2 is 1.78 bits per heavy atom. The van der Waals surface area contributed by atoms with Gasteiger partial charge in [-0.2, -0.15) is 0 Å². The largest absolute Gasteiger partial charge is 0.353 e. The first-order chi connectivity index (χ1) is 18.3. The van der Waals surface area contributed by atoms with Gasteiger partial charge in [-0.25, -0.2) is 15.0 Å². The molecule has 2 saturated carbocycles. The SMILES string of the molecule is c1ccc(C2(c3cc4c(-c5nc(N6CCNCC6)c6c(C7CC7)cncc6n5)ccnc4[nH]3)CC2)cc1. The molecule has 0 radical (unpaired) electrons. The smallest absolute Gasteiger partial charge is 0.163 e. The van der Waals surface area contributed by atoms with E-state index in [1.54, 1.807) is 0 Å². The van der Waals surface area contributed by atoms with E-state index in [9.17, 15) is 0 Å². The van der Waals surface area contributed by atoms with Crippen molar-refractivity contribution in [2.24, 2.45) is 0 Å². The summed E-state index contributed by atoms with van der Waals surface area (Å²) < 4.78 is 0. The lowest BCUT2D eigenvalue weighted by Gasteiger charge is -2.30. The van der Waals surface area contributed by atoms with E-state index in [2.05, 4.69) is 62.6 Å². The summed E-state index contributed by atoms with van der Waals surface area (Å²) in [6.45, 7) is 3.81. The maximum Gasteiger partial charge on any atom is 0.163 e. The Hall–Kier alpha value is -3.84. The highest BCUT2D eigenvalue weighted by Crippen LogP contribution is 2.53. The number of H-pyrrole nitrogens is 1. The molecule has 0 bridgehead atoms.